The van der Waals surface area contributed by atoms with E-state index in [0.717, 1.165) is 28.0 Å². The van der Waals surface area contributed by atoms with Gasteiger partial charge < -0.3 is 0 Å². The Kier molecular flexibility index (Phi) is 5.32. The highest BCUT2D eigenvalue weighted by Gasteiger charge is 2.21. The lowest BCUT2D eigenvalue weighted by Crippen LogP contribution is -2.28. The standard InChI is InChI=1S/C19H22N2O3S2/c1-4-16(14-8-6-13(3)7-9-14)20-26(23,24)15-10-11-17-18(12-15)25-19(22)21(17)5-2/h6-12,16,20H,4-5H2,1-3H3/t16-/m0/s1. The van der Waals surface area contributed by atoms with Crippen LogP contribution >= 0.6 is 11.3 Å². The van der Waals surface area contributed by atoms with Gasteiger partial charge in [-0.1, -0.05) is 48.1 Å². The van der Waals surface area contributed by atoms with Crippen molar-refractivity contribution in [1.29, 1.82) is 0 Å². The number of fused-ring (bicyclic) bond motifs is 1. The lowest BCUT2D eigenvalue weighted by molar-refractivity contribution is 0.550. The van der Waals surface area contributed by atoms with Crippen molar-refractivity contribution >= 4 is 31.6 Å². The third-order valence-electron chi connectivity index (χ3n) is 4.45. The van der Waals surface area contributed by atoms with Crippen LogP contribution in [0.25, 0.3) is 10.2 Å². The fourth-order valence-corrected chi connectivity index (χ4v) is 5.36. The second-order valence-corrected chi connectivity index (χ2v) is 8.94. The smallest absolute Gasteiger partial charge is 0.299 e. The van der Waals surface area contributed by atoms with E-state index in [0.29, 0.717) is 17.7 Å². The van der Waals surface area contributed by atoms with Crippen molar-refractivity contribution in [1.82, 2.24) is 9.29 Å². The van der Waals surface area contributed by atoms with E-state index in [2.05, 4.69) is 4.72 Å². The van der Waals surface area contributed by atoms with Crippen LogP contribution in [0, 0.1) is 6.92 Å². The van der Waals surface area contributed by atoms with Crippen LogP contribution in [0.5, 0.6) is 0 Å². The Morgan fingerprint density at radius 1 is 1.12 bits per heavy atom. The maximum atomic E-state index is 12.9. The Labute approximate surface area is 157 Å². The Bertz CT molecular complexity index is 1080. The topological polar surface area (TPSA) is 68.2 Å². The van der Waals surface area contributed by atoms with Crippen LogP contribution in [-0.4, -0.2) is 13.0 Å². The van der Waals surface area contributed by atoms with E-state index in [4.69, 9.17) is 0 Å². The summed E-state index contributed by atoms with van der Waals surface area (Å²) in [5, 5.41) is 0. The van der Waals surface area contributed by atoms with E-state index in [1.54, 1.807) is 22.8 Å². The molecule has 1 heterocycles. The number of aryl methyl sites for hydroxylation is 2. The van der Waals surface area contributed by atoms with Crippen LogP contribution in [0.1, 0.15) is 37.4 Å². The third kappa shape index (κ3) is 3.60. The lowest BCUT2D eigenvalue weighted by Gasteiger charge is -2.18. The van der Waals surface area contributed by atoms with Crippen LogP contribution in [-0.2, 0) is 16.6 Å². The third-order valence-corrected chi connectivity index (χ3v) is 6.86. The van der Waals surface area contributed by atoms with Crippen molar-refractivity contribution in [2.45, 2.75) is 44.7 Å². The van der Waals surface area contributed by atoms with Gasteiger partial charge in [-0.3, -0.25) is 9.36 Å². The molecule has 0 aliphatic heterocycles. The highest BCUT2D eigenvalue weighted by Crippen LogP contribution is 2.24. The molecule has 0 unspecified atom stereocenters. The number of sulfonamides is 1. The summed E-state index contributed by atoms with van der Waals surface area (Å²) in [5.41, 5.74) is 2.84. The molecule has 0 aliphatic rings. The summed E-state index contributed by atoms with van der Waals surface area (Å²) in [7, 11) is -3.69. The van der Waals surface area contributed by atoms with Crippen molar-refractivity contribution in [3.63, 3.8) is 0 Å². The number of hydrogen-bond acceptors (Lipinski definition) is 4. The highest BCUT2D eigenvalue weighted by molar-refractivity contribution is 7.89. The van der Waals surface area contributed by atoms with Crippen LogP contribution < -0.4 is 9.60 Å². The number of aromatic nitrogens is 1. The van der Waals surface area contributed by atoms with Crippen LogP contribution in [0.3, 0.4) is 0 Å². The minimum atomic E-state index is -3.69. The van der Waals surface area contributed by atoms with Gasteiger partial charge in [-0.2, -0.15) is 0 Å². The SMILES string of the molecule is CC[C@H](NS(=O)(=O)c1ccc2c(c1)sc(=O)n2CC)c1ccc(C)cc1. The second-order valence-electron chi connectivity index (χ2n) is 6.23. The van der Waals surface area contributed by atoms with Gasteiger partial charge in [0, 0.05) is 12.6 Å². The molecule has 0 bridgehead atoms. The number of rotatable bonds is 6. The number of nitrogens with one attached hydrogen (secondary N) is 1. The first-order chi connectivity index (χ1) is 12.4. The van der Waals surface area contributed by atoms with E-state index < -0.39 is 10.0 Å². The summed E-state index contributed by atoms with van der Waals surface area (Å²) >= 11 is 1.07. The molecule has 5 nitrogen and oxygen atoms in total. The van der Waals surface area contributed by atoms with Gasteiger partial charge >= 0.3 is 4.87 Å². The molecule has 0 saturated carbocycles. The fraction of sp³-hybridized carbons (Fsp3) is 0.316. The Morgan fingerprint density at radius 3 is 2.42 bits per heavy atom. The van der Waals surface area contributed by atoms with Crippen LogP contribution in [0.4, 0.5) is 0 Å². The molecule has 138 valence electrons. The number of hydrogen-bond donors (Lipinski definition) is 1. The van der Waals surface area contributed by atoms with Gasteiger partial charge in [-0.25, -0.2) is 13.1 Å². The molecule has 1 atom stereocenters. The Balaban J connectivity index is 1.95. The van der Waals surface area contributed by atoms with Crippen molar-refractivity contribution in [3.05, 3.63) is 63.3 Å². The summed E-state index contributed by atoms with van der Waals surface area (Å²) in [6, 6.07) is 12.4. The van der Waals surface area contributed by atoms with E-state index in [1.165, 1.54) is 0 Å². The molecule has 0 saturated heterocycles. The molecule has 1 N–H and O–H groups in total. The molecule has 0 fully saturated rings. The first kappa shape index (κ1) is 18.8. The summed E-state index contributed by atoms with van der Waals surface area (Å²) < 4.78 is 30.8. The number of nitrogens with zero attached hydrogens (tertiary/aromatic N) is 1. The van der Waals surface area contributed by atoms with Crippen LogP contribution in [0.15, 0.2) is 52.2 Å². The monoisotopic (exact) mass is 390 g/mol. The van der Waals surface area contributed by atoms with Gasteiger partial charge in [0.1, 0.15) is 0 Å². The van der Waals surface area contributed by atoms with E-state index in [1.807, 2.05) is 45.0 Å². The molecule has 7 heteroatoms. The fourth-order valence-electron chi connectivity index (χ4n) is 2.95. The average Bonchev–Trinajstić information content (AvgIpc) is 2.94. The summed E-state index contributed by atoms with van der Waals surface area (Å²) in [4.78, 5) is 12.1. The van der Waals surface area contributed by atoms with Crippen molar-refractivity contribution < 1.29 is 8.42 Å². The number of benzene rings is 2. The number of thiazole rings is 1. The zero-order valence-corrected chi connectivity index (χ0v) is 16.7. The Hall–Kier alpha value is -1.96. The zero-order valence-electron chi connectivity index (χ0n) is 15.0. The van der Waals surface area contributed by atoms with Gasteiger partial charge in [0.2, 0.25) is 10.0 Å². The summed E-state index contributed by atoms with van der Waals surface area (Å²) in [6.45, 7) is 6.41. The first-order valence-electron chi connectivity index (χ1n) is 8.58. The largest absolute Gasteiger partial charge is 0.308 e. The first-order valence-corrected chi connectivity index (χ1v) is 10.9. The molecule has 0 aliphatic carbocycles. The predicted octanol–water partition coefficient (Wildman–Crippen LogP) is 3.82. The lowest BCUT2D eigenvalue weighted by atomic mass is 10.0. The normalized spacial score (nSPS) is 13.2. The minimum absolute atomic E-state index is 0.0731. The van der Waals surface area contributed by atoms with Crippen molar-refractivity contribution in [2.75, 3.05) is 0 Å². The maximum absolute atomic E-state index is 12.9. The molecule has 2 aromatic carbocycles. The second kappa shape index (κ2) is 7.34. The van der Waals surface area contributed by atoms with Gasteiger partial charge in [-0.15, -0.1) is 0 Å². The van der Waals surface area contributed by atoms with E-state index in [9.17, 15) is 13.2 Å². The van der Waals surface area contributed by atoms with Crippen molar-refractivity contribution in [3.8, 4) is 0 Å². The van der Waals surface area contributed by atoms with Crippen molar-refractivity contribution in [2.24, 2.45) is 0 Å². The molecule has 3 rings (SSSR count). The maximum Gasteiger partial charge on any atom is 0.308 e. The van der Waals surface area contributed by atoms with Crippen LogP contribution in [0.2, 0.25) is 0 Å². The molecular formula is C19H22N2O3S2. The van der Waals surface area contributed by atoms with Gasteiger partial charge in [-0.05, 0) is 44.0 Å². The molecule has 0 spiro atoms. The zero-order chi connectivity index (χ0) is 18.9. The van der Waals surface area contributed by atoms with E-state index in [-0.39, 0.29) is 15.8 Å². The molecule has 3 aromatic rings. The molecule has 0 amide bonds. The molecule has 1 aromatic heterocycles. The summed E-state index contributed by atoms with van der Waals surface area (Å²) in [6.07, 6.45) is 0.643. The molecule has 26 heavy (non-hydrogen) atoms. The predicted molar refractivity (Wildman–Crippen MR) is 106 cm³/mol. The average molecular weight is 391 g/mol. The van der Waals surface area contributed by atoms with Gasteiger partial charge in [0.15, 0.2) is 0 Å². The van der Waals surface area contributed by atoms with Gasteiger partial charge in [0.25, 0.3) is 0 Å². The minimum Gasteiger partial charge on any atom is -0.299 e. The Morgan fingerprint density at radius 2 is 1.81 bits per heavy atom. The quantitative estimate of drug-likeness (QED) is 0.696. The van der Waals surface area contributed by atoms with E-state index >= 15 is 0 Å². The highest BCUT2D eigenvalue weighted by atomic mass is 32.2. The van der Waals surface area contributed by atoms with Gasteiger partial charge in [0.05, 0.1) is 15.1 Å². The molecule has 0 radical (unpaired) electrons. The summed E-state index contributed by atoms with van der Waals surface area (Å²) in [5.74, 6) is 0. The molecular weight excluding hydrogens is 368 g/mol.